The van der Waals surface area contributed by atoms with Crippen molar-refractivity contribution in [3.8, 4) is 0 Å². The van der Waals surface area contributed by atoms with E-state index in [-0.39, 0.29) is 17.7 Å². The summed E-state index contributed by atoms with van der Waals surface area (Å²) in [6.07, 6.45) is -3.44. The third kappa shape index (κ3) is 7.24. The third-order valence-electron chi connectivity index (χ3n) is 5.65. The molecule has 4 rings (SSSR count). The Balaban J connectivity index is 1.62. The Hall–Kier alpha value is -4.15. The lowest BCUT2D eigenvalue weighted by atomic mass is 10.1. The fourth-order valence-corrected chi connectivity index (χ4v) is 4.75. The van der Waals surface area contributed by atoms with Gasteiger partial charge in [0.2, 0.25) is 0 Å². The highest BCUT2D eigenvalue weighted by molar-refractivity contribution is 7.20. The van der Waals surface area contributed by atoms with Crippen LogP contribution in [0, 0.1) is 0 Å². The van der Waals surface area contributed by atoms with Crippen molar-refractivity contribution in [2.45, 2.75) is 18.6 Å². The molecule has 0 bridgehead atoms. The van der Waals surface area contributed by atoms with E-state index >= 15 is 0 Å². The summed E-state index contributed by atoms with van der Waals surface area (Å²) in [6.45, 7) is 0. The number of carboxylic acids is 1. The van der Waals surface area contributed by atoms with Gasteiger partial charge in [0.25, 0.3) is 11.8 Å². The summed E-state index contributed by atoms with van der Waals surface area (Å²) in [5, 5.41) is 15.9. The average molecular weight is 573 g/mol. The van der Waals surface area contributed by atoms with Crippen LogP contribution in [0.1, 0.15) is 26.4 Å². The minimum Gasteiger partial charge on any atom is -0.480 e. The second kappa shape index (κ2) is 11.7. The van der Waals surface area contributed by atoms with Gasteiger partial charge in [-0.3, -0.25) is 9.59 Å². The van der Waals surface area contributed by atoms with E-state index in [9.17, 15) is 32.7 Å². The molecule has 3 aromatic carbocycles. The van der Waals surface area contributed by atoms with E-state index in [0.717, 1.165) is 34.4 Å². The number of carbonyl (C=O) groups is 3. The SMILES string of the molecule is O=C(NC(Cc1ccc(Cl)cc1)C(=O)O)C(=Cc1ccc(C(F)(F)F)cc1)NC(=O)c1cc2ccccc2s1. The molecule has 0 spiro atoms. The van der Waals surface area contributed by atoms with Crippen LogP contribution in [0.5, 0.6) is 0 Å². The van der Waals surface area contributed by atoms with Crippen molar-refractivity contribution in [2.75, 3.05) is 0 Å². The van der Waals surface area contributed by atoms with Crippen LogP contribution in [0.3, 0.4) is 0 Å². The molecule has 4 aromatic rings. The molecule has 1 aromatic heterocycles. The summed E-state index contributed by atoms with van der Waals surface area (Å²) in [5.74, 6) is -2.87. The van der Waals surface area contributed by atoms with E-state index in [2.05, 4.69) is 10.6 Å². The molecule has 0 radical (unpaired) electrons. The van der Waals surface area contributed by atoms with Gasteiger partial charge in [-0.15, -0.1) is 11.3 Å². The normalized spacial score (nSPS) is 12.7. The molecule has 39 heavy (non-hydrogen) atoms. The number of nitrogens with one attached hydrogen (secondary N) is 2. The number of carbonyl (C=O) groups excluding carboxylic acids is 2. The van der Waals surface area contributed by atoms with Crippen molar-refractivity contribution in [2.24, 2.45) is 0 Å². The number of carboxylic acid groups (broad SMARTS) is 1. The Bertz CT molecular complexity index is 1510. The van der Waals surface area contributed by atoms with Crippen LogP contribution >= 0.6 is 22.9 Å². The molecule has 0 saturated carbocycles. The van der Waals surface area contributed by atoms with Gasteiger partial charge in [0, 0.05) is 16.1 Å². The lowest BCUT2D eigenvalue weighted by molar-refractivity contribution is -0.141. The number of aliphatic carboxylic acids is 1. The fourth-order valence-electron chi connectivity index (χ4n) is 3.66. The van der Waals surface area contributed by atoms with Gasteiger partial charge in [0.1, 0.15) is 11.7 Å². The van der Waals surface area contributed by atoms with Gasteiger partial charge in [0.05, 0.1) is 10.4 Å². The Morgan fingerprint density at radius 1 is 0.974 bits per heavy atom. The van der Waals surface area contributed by atoms with Crippen LogP contribution in [0.25, 0.3) is 16.2 Å². The number of fused-ring (bicyclic) bond motifs is 1. The highest BCUT2D eigenvalue weighted by Crippen LogP contribution is 2.29. The Labute approximate surface area is 229 Å². The number of benzene rings is 3. The standard InChI is InChI=1S/C28H20ClF3N2O4S/c29-20-11-7-17(8-12-20)14-22(27(37)38)34-25(35)21(13-16-5-9-19(10-6-16)28(30,31)32)33-26(36)24-15-18-3-1-2-4-23(18)39-24/h1-13,15,22H,14H2,(H,33,36)(H,34,35)(H,37,38). The summed E-state index contributed by atoms with van der Waals surface area (Å²) in [5.41, 5.74) is -0.433. The smallest absolute Gasteiger partial charge is 0.416 e. The second-order valence-corrected chi connectivity index (χ2v) is 10.00. The highest BCUT2D eigenvalue weighted by Gasteiger charge is 2.30. The zero-order valence-electron chi connectivity index (χ0n) is 20.0. The van der Waals surface area contributed by atoms with Gasteiger partial charge in [-0.25, -0.2) is 4.79 Å². The molecule has 1 unspecified atom stereocenters. The number of amides is 2. The number of hydrogen-bond donors (Lipinski definition) is 3. The molecule has 3 N–H and O–H groups in total. The van der Waals surface area contributed by atoms with Gasteiger partial charge in [0.15, 0.2) is 0 Å². The molecule has 0 saturated heterocycles. The molecule has 0 aliphatic rings. The maximum absolute atomic E-state index is 13.2. The van der Waals surface area contributed by atoms with E-state index in [0.29, 0.717) is 15.5 Å². The quantitative estimate of drug-likeness (QED) is 0.221. The van der Waals surface area contributed by atoms with E-state index < -0.39 is 35.6 Å². The van der Waals surface area contributed by atoms with Crippen LogP contribution in [-0.2, 0) is 22.2 Å². The van der Waals surface area contributed by atoms with E-state index in [1.807, 2.05) is 24.3 Å². The Morgan fingerprint density at radius 2 is 1.64 bits per heavy atom. The van der Waals surface area contributed by atoms with Gasteiger partial charge in [-0.2, -0.15) is 13.2 Å². The Kier molecular flexibility index (Phi) is 8.37. The van der Waals surface area contributed by atoms with Crippen LogP contribution in [-0.4, -0.2) is 28.9 Å². The predicted molar refractivity (Wildman–Crippen MR) is 143 cm³/mol. The first-order valence-corrected chi connectivity index (χ1v) is 12.7. The fraction of sp³-hybridized carbons (Fsp3) is 0.107. The van der Waals surface area contributed by atoms with Gasteiger partial charge in [-0.05, 0) is 59.0 Å². The van der Waals surface area contributed by atoms with Crippen molar-refractivity contribution in [1.82, 2.24) is 10.6 Å². The second-order valence-electron chi connectivity index (χ2n) is 8.48. The summed E-state index contributed by atoms with van der Waals surface area (Å²) in [4.78, 5) is 38.5. The van der Waals surface area contributed by atoms with E-state index in [4.69, 9.17) is 11.6 Å². The number of rotatable bonds is 8. The minimum absolute atomic E-state index is 0.0734. The zero-order chi connectivity index (χ0) is 28.2. The van der Waals surface area contributed by atoms with Crippen LogP contribution in [0.2, 0.25) is 5.02 Å². The van der Waals surface area contributed by atoms with E-state index in [1.165, 1.54) is 17.4 Å². The average Bonchev–Trinajstić information content (AvgIpc) is 3.33. The van der Waals surface area contributed by atoms with Gasteiger partial charge in [-0.1, -0.05) is 54.1 Å². The monoisotopic (exact) mass is 572 g/mol. The summed E-state index contributed by atoms with van der Waals surface area (Å²) < 4.78 is 39.8. The van der Waals surface area contributed by atoms with Crippen LogP contribution in [0.15, 0.2) is 84.6 Å². The summed E-state index contributed by atoms with van der Waals surface area (Å²) >= 11 is 7.07. The van der Waals surface area contributed by atoms with E-state index in [1.54, 1.807) is 30.3 Å². The highest BCUT2D eigenvalue weighted by atomic mass is 35.5. The molecule has 0 aliphatic carbocycles. The maximum Gasteiger partial charge on any atom is 0.416 e. The number of hydrogen-bond acceptors (Lipinski definition) is 4. The number of alkyl halides is 3. The first kappa shape index (κ1) is 27.9. The number of thiophene rings is 1. The topological polar surface area (TPSA) is 95.5 Å². The largest absolute Gasteiger partial charge is 0.480 e. The zero-order valence-corrected chi connectivity index (χ0v) is 21.5. The summed E-state index contributed by atoms with van der Waals surface area (Å²) in [7, 11) is 0. The lowest BCUT2D eigenvalue weighted by Crippen LogP contribution is -2.45. The van der Waals surface area contributed by atoms with Crippen molar-refractivity contribution < 1.29 is 32.7 Å². The lowest BCUT2D eigenvalue weighted by Gasteiger charge is -2.17. The Morgan fingerprint density at radius 3 is 2.26 bits per heavy atom. The van der Waals surface area contributed by atoms with Crippen molar-refractivity contribution in [3.63, 3.8) is 0 Å². The first-order chi connectivity index (χ1) is 18.5. The maximum atomic E-state index is 13.2. The van der Waals surface area contributed by atoms with Crippen molar-refractivity contribution in [1.29, 1.82) is 0 Å². The molecule has 1 heterocycles. The van der Waals surface area contributed by atoms with Gasteiger partial charge >= 0.3 is 12.1 Å². The number of halogens is 4. The van der Waals surface area contributed by atoms with Crippen LogP contribution < -0.4 is 10.6 Å². The summed E-state index contributed by atoms with van der Waals surface area (Å²) in [6, 6.07) is 17.9. The minimum atomic E-state index is -4.55. The molecule has 0 aliphatic heterocycles. The first-order valence-electron chi connectivity index (χ1n) is 11.5. The molecular formula is C28H20ClF3N2O4S. The molecule has 0 fully saturated rings. The predicted octanol–water partition coefficient (Wildman–Crippen LogP) is 6.16. The van der Waals surface area contributed by atoms with Crippen molar-refractivity contribution >= 4 is 56.9 Å². The molecule has 200 valence electrons. The molecule has 1 atom stereocenters. The molecular weight excluding hydrogens is 553 g/mol. The van der Waals surface area contributed by atoms with Crippen LogP contribution in [0.4, 0.5) is 13.2 Å². The molecule has 6 nitrogen and oxygen atoms in total. The van der Waals surface area contributed by atoms with Gasteiger partial charge < -0.3 is 15.7 Å². The third-order valence-corrected chi connectivity index (χ3v) is 7.01. The molecule has 11 heteroatoms. The molecule has 2 amide bonds. The van der Waals surface area contributed by atoms with Crippen molar-refractivity contribution in [3.05, 3.63) is 111 Å².